The van der Waals surface area contributed by atoms with E-state index in [1.807, 2.05) is 34.6 Å². The number of hydrogen-bond acceptors (Lipinski definition) is 0. The number of hydrogen-bond donors (Lipinski definition) is 0. The van der Waals surface area contributed by atoms with Gasteiger partial charge in [-0.05, 0) is 38.8 Å². The molecule has 0 saturated carbocycles. The van der Waals surface area contributed by atoms with E-state index in [-0.39, 0.29) is 0 Å². The molecule has 0 fully saturated rings. The van der Waals surface area contributed by atoms with Gasteiger partial charge in [-0.1, -0.05) is 87.4 Å². The van der Waals surface area contributed by atoms with Crippen molar-refractivity contribution in [1.29, 1.82) is 0 Å². The van der Waals surface area contributed by atoms with Crippen LogP contribution in [0.4, 0.5) is 0 Å². The van der Waals surface area contributed by atoms with Crippen molar-refractivity contribution in [3.63, 3.8) is 0 Å². The van der Waals surface area contributed by atoms with Crippen molar-refractivity contribution >= 4 is 5.57 Å². The molecule has 20 heavy (non-hydrogen) atoms. The van der Waals surface area contributed by atoms with E-state index in [1.54, 1.807) is 0 Å². The molecule has 0 bridgehead atoms. The standard InChI is InChI=1S/C16H20.2C2H6/c1-12(2)10-16(11-13(3)4)15-8-6-14(5)7-9-15;2*1-2/h6-11H,1H2,2-5H3;2*1-2H3/b16-10+;;. The largest absolute Gasteiger partial charge is 0.0961 e. The van der Waals surface area contributed by atoms with Crippen LogP contribution < -0.4 is 0 Å². The first-order chi connectivity index (χ1) is 9.49. The third-order valence-corrected chi connectivity index (χ3v) is 2.23. The van der Waals surface area contributed by atoms with Crippen molar-refractivity contribution < 1.29 is 0 Å². The summed E-state index contributed by atoms with van der Waals surface area (Å²) in [6, 6.07) is 8.59. The van der Waals surface area contributed by atoms with Gasteiger partial charge in [0, 0.05) is 0 Å². The van der Waals surface area contributed by atoms with Gasteiger partial charge < -0.3 is 0 Å². The van der Waals surface area contributed by atoms with Crippen molar-refractivity contribution in [1.82, 2.24) is 0 Å². The van der Waals surface area contributed by atoms with E-state index in [9.17, 15) is 0 Å². The summed E-state index contributed by atoms with van der Waals surface area (Å²) < 4.78 is 0. The van der Waals surface area contributed by atoms with Gasteiger partial charge in [0.2, 0.25) is 0 Å². The Kier molecular flexibility index (Phi) is 12.9. The molecular formula is C20H32. The van der Waals surface area contributed by atoms with Crippen molar-refractivity contribution in [2.75, 3.05) is 0 Å². The topological polar surface area (TPSA) is 0 Å². The summed E-state index contributed by atoms with van der Waals surface area (Å²) in [7, 11) is 0. The van der Waals surface area contributed by atoms with Crippen LogP contribution in [0.25, 0.3) is 5.57 Å². The summed E-state index contributed by atoms with van der Waals surface area (Å²) in [5.74, 6) is 0. The fourth-order valence-corrected chi connectivity index (χ4v) is 1.53. The Balaban J connectivity index is 0. The molecule has 0 saturated heterocycles. The van der Waals surface area contributed by atoms with E-state index in [4.69, 9.17) is 0 Å². The van der Waals surface area contributed by atoms with Crippen molar-refractivity contribution in [2.45, 2.75) is 55.4 Å². The molecule has 0 unspecified atom stereocenters. The molecule has 0 radical (unpaired) electrons. The van der Waals surface area contributed by atoms with Crippen molar-refractivity contribution in [3.05, 3.63) is 65.3 Å². The highest BCUT2D eigenvalue weighted by Gasteiger charge is 1.98. The van der Waals surface area contributed by atoms with E-state index in [0.29, 0.717) is 0 Å². The minimum absolute atomic E-state index is 1.08. The van der Waals surface area contributed by atoms with Crippen LogP contribution in [0.2, 0.25) is 0 Å². The Morgan fingerprint density at radius 3 is 1.65 bits per heavy atom. The molecule has 0 heterocycles. The maximum absolute atomic E-state index is 3.94. The molecule has 0 N–H and O–H groups in total. The second-order valence-corrected chi connectivity index (χ2v) is 4.53. The summed E-state index contributed by atoms with van der Waals surface area (Å²) in [6.07, 6.45) is 4.32. The normalized spacial score (nSPS) is 9.50. The average Bonchev–Trinajstić information content (AvgIpc) is 2.42. The Morgan fingerprint density at radius 1 is 0.850 bits per heavy atom. The van der Waals surface area contributed by atoms with E-state index < -0.39 is 0 Å². The highest BCUT2D eigenvalue weighted by Crippen LogP contribution is 2.19. The van der Waals surface area contributed by atoms with Crippen LogP contribution in [-0.2, 0) is 0 Å². The molecule has 0 heteroatoms. The summed E-state index contributed by atoms with van der Waals surface area (Å²) in [5, 5.41) is 0. The van der Waals surface area contributed by atoms with Gasteiger partial charge in [0.25, 0.3) is 0 Å². The minimum atomic E-state index is 1.08. The Labute approximate surface area is 126 Å². The Hall–Kier alpha value is -1.56. The molecule has 0 aliphatic carbocycles. The van der Waals surface area contributed by atoms with Gasteiger partial charge >= 0.3 is 0 Å². The molecule has 0 aliphatic heterocycles. The quantitative estimate of drug-likeness (QED) is 0.521. The van der Waals surface area contributed by atoms with Gasteiger partial charge in [0.15, 0.2) is 0 Å². The molecule has 0 amide bonds. The second kappa shape index (κ2) is 12.5. The lowest BCUT2D eigenvalue weighted by Crippen LogP contribution is -1.83. The third kappa shape index (κ3) is 9.38. The molecule has 0 nitrogen and oxygen atoms in total. The van der Waals surface area contributed by atoms with Crippen LogP contribution in [-0.4, -0.2) is 0 Å². The van der Waals surface area contributed by atoms with Crippen LogP contribution in [0.15, 0.2) is 54.1 Å². The first-order valence-electron chi connectivity index (χ1n) is 7.58. The summed E-state index contributed by atoms with van der Waals surface area (Å²) in [5.41, 5.74) is 6.14. The van der Waals surface area contributed by atoms with Crippen LogP contribution in [0.1, 0.15) is 59.6 Å². The fraction of sp³-hybridized carbons (Fsp3) is 0.400. The summed E-state index contributed by atoms with van der Waals surface area (Å²) >= 11 is 0. The molecule has 0 atom stereocenters. The summed E-state index contributed by atoms with van der Waals surface area (Å²) in [4.78, 5) is 0. The minimum Gasteiger partial charge on any atom is -0.0961 e. The Morgan fingerprint density at radius 2 is 1.30 bits per heavy atom. The molecule has 1 aromatic carbocycles. The van der Waals surface area contributed by atoms with Crippen molar-refractivity contribution in [2.24, 2.45) is 0 Å². The predicted octanol–water partition coefficient (Wildman–Crippen LogP) is 6.97. The highest BCUT2D eigenvalue weighted by molar-refractivity contribution is 5.76. The molecule has 112 valence electrons. The zero-order valence-electron chi connectivity index (χ0n) is 14.7. The number of benzene rings is 1. The first kappa shape index (κ1) is 20.8. The monoisotopic (exact) mass is 272 g/mol. The van der Waals surface area contributed by atoms with Crippen LogP contribution in [0.3, 0.4) is 0 Å². The van der Waals surface area contributed by atoms with Crippen LogP contribution in [0, 0.1) is 6.92 Å². The van der Waals surface area contributed by atoms with Gasteiger partial charge in [-0.3, -0.25) is 0 Å². The Bertz CT molecular complexity index is 424. The number of aryl methyl sites for hydroxylation is 1. The van der Waals surface area contributed by atoms with Gasteiger partial charge in [0.05, 0.1) is 0 Å². The number of rotatable bonds is 3. The molecule has 0 spiro atoms. The van der Waals surface area contributed by atoms with Gasteiger partial charge in [-0.25, -0.2) is 0 Å². The highest BCUT2D eigenvalue weighted by atomic mass is 14.0. The first-order valence-corrected chi connectivity index (χ1v) is 7.58. The van der Waals surface area contributed by atoms with E-state index >= 15 is 0 Å². The van der Waals surface area contributed by atoms with Gasteiger partial charge in [0.1, 0.15) is 0 Å². The lowest BCUT2D eigenvalue weighted by atomic mass is 10.0. The zero-order valence-corrected chi connectivity index (χ0v) is 14.7. The lowest BCUT2D eigenvalue weighted by molar-refractivity contribution is 1.38. The predicted molar refractivity (Wildman–Crippen MR) is 96.1 cm³/mol. The van der Waals surface area contributed by atoms with Gasteiger partial charge in [-0.15, -0.1) is 0 Å². The maximum atomic E-state index is 3.94. The van der Waals surface area contributed by atoms with Crippen LogP contribution in [0.5, 0.6) is 0 Å². The third-order valence-electron chi connectivity index (χ3n) is 2.23. The molecule has 1 rings (SSSR count). The lowest BCUT2D eigenvalue weighted by Gasteiger charge is -2.05. The van der Waals surface area contributed by atoms with Crippen molar-refractivity contribution in [3.8, 4) is 0 Å². The van der Waals surface area contributed by atoms with E-state index in [0.717, 1.165) is 5.57 Å². The average molecular weight is 272 g/mol. The smallest absolute Gasteiger partial charge is 0.0182 e. The second-order valence-electron chi connectivity index (χ2n) is 4.53. The molecule has 1 aromatic rings. The molecular weight excluding hydrogens is 240 g/mol. The van der Waals surface area contributed by atoms with E-state index in [2.05, 4.69) is 63.8 Å². The maximum Gasteiger partial charge on any atom is -0.0182 e. The molecule has 0 aromatic heterocycles. The SMILES string of the molecule is C=C(C)/C=C(\C=C(C)C)c1ccc(C)cc1.CC.CC. The summed E-state index contributed by atoms with van der Waals surface area (Å²) in [6.45, 7) is 20.3. The zero-order chi connectivity index (χ0) is 16.1. The number of allylic oxidation sites excluding steroid dienone is 5. The fourth-order valence-electron chi connectivity index (χ4n) is 1.53. The van der Waals surface area contributed by atoms with E-state index in [1.165, 1.54) is 22.3 Å². The van der Waals surface area contributed by atoms with Gasteiger partial charge in [-0.2, -0.15) is 0 Å². The molecule has 0 aliphatic rings. The van der Waals surface area contributed by atoms with Crippen LogP contribution >= 0.6 is 0 Å².